The number of aryl methyl sites for hydroxylation is 1. The van der Waals surface area contributed by atoms with Crippen LogP contribution in [0.3, 0.4) is 0 Å². The molecule has 4 aromatic rings. The molecule has 0 aliphatic heterocycles. The van der Waals surface area contributed by atoms with Crippen molar-refractivity contribution in [2.45, 2.75) is 26.9 Å². The molecule has 2 aromatic carbocycles. The summed E-state index contributed by atoms with van der Waals surface area (Å²) in [5.41, 5.74) is 1.94. The van der Waals surface area contributed by atoms with Gasteiger partial charge in [-0.25, -0.2) is 9.78 Å². The number of hydrogen-bond acceptors (Lipinski definition) is 8. The number of furan rings is 1. The van der Waals surface area contributed by atoms with Gasteiger partial charge in [-0.2, -0.15) is 0 Å². The van der Waals surface area contributed by atoms with Crippen molar-refractivity contribution >= 4 is 44.2 Å². The minimum Gasteiger partial charge on any atom is -0.459 e. The fourth-order valence-corrected chi connectivity index (χ4v) is 4.05. The van der Waals surface area contributed by atoms with Gasteiger partial charge in [-0.3, -0.25) is 20.2 Å². The number of carbonyl (C=O) groups excluding carboxylic acids is 2. The van der Waals surface area contributed by atoms with Gasteiger partial charge in [-0.15, -0.1) is 0 Å². The van der Waals surface area contributed by atoms with Crippen LogP contribution in [0.15, 0.2) is 52.9 Å². The van der Waals surface area contributed by atoms with Gasteiger partial charge in [0.25, 0.3) is 11.6 Å². The molecule has 10 heteroatoms. The third-order valence-corrected chi connectivity index (χ3v) is 5.57. The summed E-state index contributed by atoms with van der Waals surface area (Å²) >= 11 is 1.20. The number of anilines is 1. The van der Waals surface area contributed by atoms with Gasteiger partial charge < -0.3 is 9.15 Å². The maximum Gasteiger partial charge on any atom is 0.338 e. The number of ether oxygens (including phenoxy) is 1. The van der Waals surface area contributed by atoms with Gasteiger partial charge in [0.05, 0.1) is 32.4 Å². The molecule has 2 heterocycles. The van der Waals surface area contributed by atoms with E-state index in [1.807, 2.05) is 0 Å². The average Bonchev–Trinajstić information content (AvgIpc) is 3.39. The second-order valence-electron chi connectivity index (χ2n) is 7.55. The third kappa shape index (κ3) is 4.75. The lowest BCUT2D eigenvalue weighted by atomic mass is 10.1. The van der Waals surface area contributed by atoms with Gasteiger partial charge in [-0.05, 0) is 62.7 Å². The van der Waals surface area contributed by atoms with E-state index in [0.717, 1.165) is 5.56 Å². The molecule has 0 bridgehead atoms. The molecule has 33 heavy (non-hydrogen) atoms. The van der Waals surface area contributed by atoms with E-state index >= 15 is 0 Å². The molecule has 0 saturated carbocycles. The summed E-state index contributed by atoms with van der Waals surface area (Å²) in [5, 5.41) is 14.4. The predicted molar refractivity (Wildman–Crippen MR) is 124 cm³/mol. The zero-order valence-corrected chi connectivity index (χ0v) is 18.8. The number of carbonyl (C=O) groups is 2. The molecule has 0 aliphatic carbocycles. The highest BCUT2D eigenvalue weighted by atomic mass is 32.1. The second-order valence-corrected chi connectivity index (χ2v) is 8.58. The van der Waals surface area contributed by atoms with Gasteiger partial charge in [0, 0.05) is 6.07 Å². The highest BCUT2D eigenvalue weighted by Gasteiger charge is 2.21. The van der Waals surface area contributed by atoms with Crippen LogP contribution in [0.5, 0.6) is 0 Å². The number of nitro groups is 1. The lowest BCUT2D eigenvalue weighted by molar-refractivity contribution is -0.384. The molecular weight excluding hydrogens is 446 g/mol. The van der Waals surface area contributed by atoms with Crippen LogP contribution in [0.1, 0.15) is 40.3 Å². The van der Waals surface area contributed by atoms with E-state index in [-0.39, 0.29) is 28.9 Å². The van der Waals surface area contributed by atoms with Crippen molar-refractivity contribution in [3.63, 3.8) is 0 Å². The number of hydrogen-bond donors (Lipinski definition) is 1. The molecule has 1 amide bonds. The summed E-state index contributed by atoms with van der Waals surface area (Å²) < 4.78 is 11.5. The fourth-order valence-electron chi connectivity index (χ4n) is 3.15. The van der Waals surface area contributed by atoms with E-state index in [9.17, 15) is 19.7 Å². The van der Waals surface area contributed by atoms with Gasteiger partial charge >= 0.3 is 5.97 Å². The van der Waals surface area contributed by atoms with E-state index in [2.05, 4.69) is 10.3 Å². The first-order valence-electron chi connectivity index (χ1n) is 9.99. The largest absolute Gasteiger partial charge is 0.459 e. The Kier molecular flexibility index (Phi) is 5.93. The van der Waals surface area contributed by atoms with Crippen molar-refractivity contribution in [1.82, 2.24) is 4.98 Å². The SMILES string of the molecule is Cc1ccc(-c2ccc(C(=O)Nc3nc4ccc(C(=O)OC(C)C)cc4s3)o2)c([N+](=O)[O-])c1. The zero-order chi connectivity index (χ0) is 23.7. The molecule has 0 fully saturated rings. The molecular formula is C23H19N3O6S. The normalized spacial score (nSPS) is 11.0. The molecule has 2 aromatic heterocycles. The Morgan fingerprint density at radius 2 is 1.94 bits per heavy atom. The predicted octanol–water partition coefficient (Wildman–Crippen LogP) is 5.59. The Hall–Kier alpha value is -4.05. The number of thiazole rings is 1. The van der Waals surface area contributed by atoms with Crippen LogP contribution in [-0.4, -0.2) is 27.9 Å². The van der Waals surface area contributed by atoms with E-state index in [0.29, 0.717) is 20.9 Å². The number of amides is 1. The number of fused-ring (bicyclic) bond motifs is 1. The van der Waals surface area contributed by atoms with Gasteiger partial charge in [0.1, 0.15) is 5.76 Å². The van der Waals surface area contributed by atoms with E-state index in [1.54, 1.807) is 51.1 Å². The molecule has 0 saturated heterocycles. The molecule has 168 valence electrons. The molecule has 9 nitrogen and oxygen atoms in total. The smallest absolute Gasteiger partial charge is 0.338 e. The monoisotopic (exact) mass is 465 g/mol. The second kappa shape index (κ2) is 8.83. The lowest BCUT2D eigenvalue weighted by Gasteiger charge is -2.07. The Bertz CT molecular complexity index is 1390. The van der Waals surface area contributed by atoms with Crippen molar-refractivity contribution in [2.75, 3.05) is 5.32 Å². The summed E-state index contributed by atoms with van der Waals surface area (Å²) in [6.45, 7) is 5.30. The lowest BCUT2D eigenvalue weighted by Crippen LogP contribution is -2.11. The number of benzene rings is 2. The molecule has 0 radical (unpaired) electrons. The van der Waals surface area contributed by atoms with Crippen molar-refractivity contribution < 1.29 is 23.7 Å². The highest BCUT2D eigenvalue weighted by molar-refractivity contribution is 7.22. The van der Waals surface area contributed by atoms with Crippen LogP contribution in [0.2, 0.25) is 0 Å². The van der Waals surface area contributed by atoms with Crippen molar-refractivity contribution in [3.05, 3.63) is 75.5 Å². The minimum atomic E-state index is -0.547. The number of nitrogens with one attached hydrogen (secondary N) is 1. The van der Waals surface area contributed by atoms with Crippen LogP contribution in [-0.2, 0) is 4.74 Å². The van der Waals surface area contributed by atoms with Crippen molar-refractivity contribution in [1.29, 1.82) is 0 Å². The maximum absolute atomic E-state index is 12.7. The molecule has 4 rings (SSSR count). The van der Waals surface area contributed by atoms with Crippen molar-refractivity contribution in [3.8, 4) is 11.3 Å². The number of esters is 1. The quantitative estimate of drug-likeness (QED) is 0.223. The summed E-state index contributed by atoms with van der Waals surface area (Å²) in [4.78, 5) is 40.0. The first kappa shape index (κ1) is 22.2. The maximum atomic E-state index is 12.7. The van der Waals surface area contributed by atoms with Crippen LogP contribution in [0.4, 0.5) is 10.8 Å². The number of nitrogens with zero attached hydrogens (tertiary/aromatic N) is 2. The average molecular weight is 465 g/mol. The Labute approximate surface area is 192 Å². The van der Waals surface area contributed by atoms with E-state index < -0.39 is 16.8 Å². The van der Waals surface area contributed by atoms with Crippen LogP contribution < -0.4 is 5.32 Å². The Morgan fingerprint density at radius 1 is 1.15 bits per heavy atom. The summed E-state index contributed by atoms with van der Waals surface area (Å²) in [7, 11) is 0. The fraction of sp³-hybridized carbons (Fsp3) is 0.174. The zero-order valence-electron chi connectivity index (χ0n) is 17.9. The van der Waals surface area contributed by atoms with Gasteiger partial charge in [0.15, 0.2) is 10.9 Å². The highest BCUT2D eigenvalue weighted by Crippen LogP contribution is 2.33. The first-order valence-corrected chi connectivity index (χ1v) is 10.8. The van der Waals surface area contributed by atoms with Crippen LogP contribution >= 0.6 is 11.3 Å². The number of rotatable bonds is 6. The molecule has 0 spiro atoms. The molecule has 0 unspecified atom stereocenters. The Balaban J connectivity index is 1.54. The Morgan fingerprint density at radius 3 is 2.67 bits per heavy atom. The number of aromatic nitrogens is 1. The van der Waals surface area contributed by atoms with Gasteiger partial charge in [0.2, 0.25) is 0 Å². The summed E-state index contributed by atoms with van der Waals surface area (Å²) in [5.74, 6) is -0.779. The molecule has 0 aliphatic rings. The third-order valence-electron chi connectivity index (χ3n) is 4.63. The van der Waals surface area contributed by atoms with Crippen LogP contribution in [0, 0.1) is 17.0 Å². The standard InChI is InChI=1S/C23H19N3O6S/c1-12(2)31-22(28)14-5-7-16-20(11-14)33-23(24-16)25-21(27)19-9-8-18(32-19)15-6-4-13(3)10-17(15)26(29)30/h4-12H,1-3H3,(H,24,25,27). The van der Waals surface area contributed by atoms with Crippen molar-refractivity contribution in [2.24, 2.45) is 0 Å². The first-order chi connectivity index (χ1) is 15.7. The summed E-state index contributed by atoms with van der Waals surface area (Å²) in [6.07, 6.45) is -0.232. The topological polar surface area (TPSA) is 125 Å². The molecule has 0 atom stereocenters. The van der Waals surface area contributed by atoms with E-state index in [4.69, 9.17) is 9.15 Å². The minimum absolute atomic E-state index is 0.0136. The van der Waals surface area contributed by atoms with Crippen LogP contribution in [0.25, 0.3) is 21.5 Å². The van der Waals surface area contributed by atoms with Gasteiger partial charge in [-0.1, -0.05) is 17.4 Å². The molecule has 1 N–H and O–H groups in total. The number of nitro benzene ring substituents is 1. The van der Waals surface area contributed by atoms with E-state index in [1.165, 1.54) is 29.5 Å². The summed E-state index contributed by atoms with van der Waals surface area (Å²) in [6, 6.07) is 12.7.